The summed E-state index contributed by atoms with van der Waals surface area (Å²) in [5.74, 6) is -0.684. The number of fused-ring (bicyclic) bond motifs is 1. The van der Waals surface area contributed by atoms with Crippen LogP contribution in [0.5, 0.6) is 5.75 Å². The van der Waals surface area contributed by atoms with E-state index in [9.17, 15) is 14.4 Å². The predicted octanol–water partition coefficient (Wildman–Crippen LogP) is 4.90. The number of nitrogens with one attached hydrogen (secondary N) is 2. The van der Waals surface area contributed by atoms with Crippen molar-refractivity contribution >= 4 is 46.4 Å². The number of hydrogen-bond acceptors (Lipinski definition) is 4. The number of ether oxygens (including phenoxy) is 1. The minimum atomic E-state index is -1.04. The lowest BCUT2D eigenvalue weighted by molar-refractivity contribution is -0.122. The molecule has 172 valence electrons. The Morgan fingerprint density at radius 2 is 1.85 bits per heavy atom. The molecule has 0 fully saturated rings. The molecular weight excluding hydrogens is 454 g/mol. The monoisotopic (exact) mass is 475 g/mol. The first-order valence-electron chi connectivity index (χ1n) is 10.6. The Bertz CT molecular complexity index is 1240. The van der Waals surface area contributed by atoms with Crippen LogP contribution in [-0.4, -0.2) is 30.4 Å². The topological polar surface area (TPSA) is 87.7 Å². The molecule has 1 aliphatic rings. The Balaban J connectivity index is 1.61. The summed E-state index contributed by atoms with van der Waals surface area (Å²) in [6, 6.07) is 19.2. The maximum atomic E-state index is 13.6. The number of carbonyl (C=O) groups is 3. The van der Waals surface area contributed by atoms with Gasteiger partial charge in [-0.2, -0.15) is 0 Å². The van der Waals surface area contributed by atoms with E-state index in [0.717, 1.165) is 0 Å². The van der Waals surface area contributed by atoms with Gasteiger partial charge in [0.15, 0.2) is 0 Å². The zero-order chi connectivity index (χ0) is 24.1. The van der Waals surface area contributed by atoms with E-state index in [0.29, 0.717) is 40.0 Å². The normalized spacial score (nSPS) is 14.6. The van der Waals surface area contributed by atoms with Crippen LogP contribution in [0.15, 0.2) is 85.5 Å². The maximum absolute atomic E-state index is 13.6. The lowest BCUT2D eigenvalue weighted by atomic mass is 10.0. The minimum absolute atomic E-state index is 0.237. The molecule has 1 heterocycles. The van der Waals surface area contributed by atoms with Gasteiger partial charge in [0.2, 0.25) is 11.8 Å². The van der Waals surface area contributed by atoms with Crippen molar-refractivity contribution in [2.24, 2.45) is 0 Å². The molecule has 1 atom stereocenters. The van der Waals surface area contributed by atoms with Gasteiger partial charge >= 0.3 is 0 Å². The highest BCUT2D eigenvalue weighted by Gasteiger charge is 2.38. The van der Waals surface area contributed by atoms with Crippen molar-refractivity contribution in [2.45, 2.75) is 12.5 Å². The van der Waals surface area contributed by atoms with E-state index in [1.165, 1.54) is 4.90 Å². The van der Waals surface area contributed by atoms with Crippen LogP contribution in [0.2, 0.25) is 5.02 Å². The molecule has 3 aromatic carbocycles. The van der Waals surface area contributed by atoms with Crippen LogP contribution in [0.4, 0.5) is 17.1 Å². The molecule has 0 radical (unpaired) electrons. The van der Waals surface area contributed by atoms with Crippen molar-refractivity contribution < 1.29 is 19.1 Å². The van der Waals surface area contributed by atoms with Crippen LogP contribution >= 0.6 is 11.6 Å². The highest BCUT2D eigenvalue weighted by atomic mass is 35.5. The molecule has 0 aliphatic carbocycles. The molecule has 0 saturated heterocycles. The van der Waals surface area contributed by atoms with Gasteiger partial charge in [-0.25, -0.2) is 0 Å². The summed E-state index contributed by atoms with van der Waals surface area (Å²) in [5.41, 5.74) is 1.87. The van der Waals surface area contributed by atoms with Crippen molar-refractivity contribution in [2.75, 3.05) is 22.1 Å². The number of halogens is 1. The quantitative estimate of drug-likeness (QED) is 0.476. The Morgan fingerprint density at radius 1 is 1.09 bits per heavy atom. The van der Waals surface area contributed by atoms with E-state index >= 15 is 0 Å². The molecular formula is C26H22ClN3O4. The number of carbonyl (C=O) groups excluding carboxylic acids is 3. The number of amides is 3. The van der Waals surface area contributed by atoms with Gasteiger partial charge in [-0.15, -0.1) is 0 Å². The Labute approximate surface area is 202 Å². The van der Waals surface area contributed by atoms with Crippen molar-refractivity contribution in [3.8, 4) is 5.75 Å². The average molecular weight is 476 g/mol. The van der Waals surface area contributed by atoms with E-state index in [1.54, 1.807) is 78.9 Å². The number of anilines is 3. The summed E-state index contributed by atoms with van der Waals surface area (Å²) in [5, 5.41) is 6.00. The molecule has 1 aliphatic heterocycles. The van der Waals surface area contributed by atoms with E-state index in [1.807, 2.05) is 0 Å². The smallest absolute Gasteiger partial charge is 0.259 e. The second-order valence-electron chi connectivity index (χ2n) is 7.58. The Morgan fingerprint density at radius 3 is 2.59 bits per heavy atom. The van der Waals surface area contributed by atoms with E-state index in [4.69, 9.17) is 16.3 Å². The molecule has 3 amide bonds. The Hall–Kier alpha value is -4.10. The fourth-order valence-electron chi connectivity index (χ4n) is 3.67. The number of para-hydroxylation sites is 2. The first-order chi connectivity index (χ1) is 16.5. The first-order valence-corrected chi connectivity index (χ1v) is 11.0. The van der Waals surface area contributed by atoms with E-state index in [2.05, 4.69) is 17.2 Å². The summed E-state index contributed by atoms with van der Waals surface area (Å²) in [6.07, 6.45) is 1.39. The standard InChI is InChI=1S/C26H22ClN3O4/c1-2-14-34-20-12-10-17(11-13-20)26(33)30-22-9-4-3-8-21(22)29-25(32)23(30)16-24(31)28-19-7-5-6-18(27)15-19/h2-13,15,23H,1,14,16H2,(H,28,31)(H,29,32)/t23-/m0/s1. The number of benzene rings is 3. The maximum Gasteiger partial charge on any atom is 0.259 e. The molecule has 2 N–H and O–H groups in total. The van der Waals surface area contributed by atoms with Crippen molar-refractivity contribution in [3.05, 3.63) is 96.0 Å². The molecule has 4 rings (SSSR count). The van der Waals surface area contributed by atoms with Crippen molar-refractivity contribution in [3.63, 3.8) is 0 Å². The number of nitrogens with zero attached hydrogens (tertiary/aromatic N) is 1. The molecule has 0 bridgehead atoms. The number of rotatable bonds is 7. The summed E-state index contributed by atoms with van der Waals surface area (Å²) in [4.78, 5) is 40.7. The average Bonchev–Trinajstić information content (AvgIpc) is 2.83. The van der Waals surface area contributed by atoms with Gasteiger partial charge < -0.3 is 15.4 Å². The lowest BCUT2D eigenvalue weighted by Crippen LogP contribution is -2.52. The second-order valence-corrected chi connectivity index (χ2v) is 8.02. The van der Waals surface area contributed by atoms with Crippen LogP contribution in [-0.2, 0) is 9.59 Å². The molecule has 34 heavy (non-hydrogen) atoms. The lowest BCUT2D eigenvalue weighted by Gasteiger charge is -2.36. The molecule has 3 aromatic rings. The fraction of sp³-hybridized carbons (Fsp3) is 0.115. The van der Waals surface area contributed by atoms with Gasteiger partial charge in [0, 0.05) is 16.3 Å². The van der Waals surface area contributed by atoms with Gasteiger partial charge in [0.25, 0.3) is 5.91 Å². The highest BCUT2D eigenvalue weighted by Crippen LogP contribution is 2.34. The van der Waals surface area contributed by atoms with Gasteiger partial charge in [0.05, 0.1) is 17.8 Å². The van der Waals surface area contributed by atoms with Gasteiger partial charge in [-0.1, -0.05) is 42.5 Å². The van der Waals surface area contributed by atoms with Crippen LogP contribution in [0.25, 0.3) is 0 Å². The zero-order valence-electron chi connectivity index (χ0n) is 18.2. The van der Waals surface area contributed by atoms with Crippen LogP contribution in [0, 0.1) is 0 Å². The molecule has 0 spiro atoms. The van der Waals surface area contributed by atoms with Crippen LogP contribution in [0.3, 0.4) is 0 Å². The summed E-state index contributed by atoms with van der Waals surface area (Å²) in [7, 11) is 0. The SMILES string of the molecule is C=CCOc1ccc(C(=O)N2c3ccccc3NC(=O)[C@@H]2CC(=O)Nc2cccc(Cl)c2)cc1. The third kappa shape index (κ3) is 5.10. The molecule has 8 heteroatoms. The van der Waals surface area contributed by atoms with E-state index < -0.39 is 23.8 Å². The highest BCUT2D eigenvalue weighted by molar-refractivity contribution is 6.31. The zero-order valence-corrected chi connectivity index (χ0v) is 18.9. The first kappa shape index (κ1) is 23.1. The Kier molecular flexibility index (Phi) is 6.94. The fourth-order valence-corrected chi connectivity index (χ4v) is 3.86. The summed E-state index contributed by atoms with van der Waals surface area (Å²) < 4.78 is 5.48. The third-order valence-electron chi connectivity index (χ3n) is 5.21. The molecule has 0 unspecified atom stereocenters. The summed E-state index contributed by atoms with van der Waals surface area (Å²) >= 11 is 5.99. The van der Waals surface area contributed by atoms with Crippen LogP contribution in [0.1, 0.15) is 16.8 Å². The number of hydrogen-bond donors (Lipinski definition) is 2. The molecule has 7 nitrogen and oxygen atoms in total. The largest absolute Gasteiger partial charge is 0.490 e. The van der Waals surface area contributed by atoms with Crippen molar-refractivity contribution in [1.29, 1.82) is 0 Å². The van der Waals surface area contributed by atoms with Crippen LogP contribution < -0.4 is 20.3 Å². The summed E-state index contributed by atoms with van der Waals surface area (Å²) in [6.45, 7) is 3.95. The third-order valence-corrected chi connectivity index (χ3v) is 5.45. The minimum Gasteiger partial charge on any atom is -0.490 e. The van der Waals surface area contributed by atoms with Gasteiger partial charge in [-0.05, 0) is 54.6 Å². The van der Waals surface area contributed by atoms with E-state index in [-0.39, 0.29) is 6.42 Å². The van der Waals surface area contributed by atoms with Crippen molar-refractivity contribution in [1.82, 2.24) is 0 Å². The van der Waals surface area contributed by atoms with Gasteiger partial charge in [0.1, 0.15) is 18.4 Å². The molecule has 0 aromatic heterocycles. The second kappa shape index (κ2) is 10.2. The van der Waals surface area contributed by atoms with Gasteiger partial charge in [-0.3, -0.25) is 19.3 Å². The molecule has 0 saturated carbocycles. The predicted molar refractivity (Wildman–Crippen MR) is 133 cm³/mol.